The highest BCUT2D eigenvalue weighted by Gasteiger charge is 2.24. The number of benzene rings is 1. The summed E-state index contributed by atoms with van der Waals surface area (Å²) < 4.78 is 29.2. The molecule has 2 rings (SSSR count). The smallest absolute Gasteiger partial charge is 0.178 e. The lowest BCUT2D eigenvalue weighted by Crippen LogP contribution is -2.16. The zero-order chi connectivity index (χ0) is 11.6. The van der Waals surface area contributed by atoms with Gasteiger partial charge in [-0.2, -0.15) is 0 Å². The summed E-state index contributed by atoms with van der Waals surface area (Å²) >= 11 is 0. The van der Waals surface area contributed by atoms with Gasteiger partial charge in [-0.1, -0.05) is 0 Å². The second-order valence-corrected chi connectivity index (χ2v) is 6.11. The van der Waals surface area contributed by atoms with Crippen molar-refractivity contribution in [2.75, 3.05) is 24.7 Å². The standard InChI is InChI=1S/C11H15NO3S/c12-10-1-3-11(4-2-10)16(13,14)8-9-5-6-15-7-9/h1-4,9H,5-8,12H2/t9-/m1/s1. The average molecular weight is 241 g/mol. The van der Waals surface area contributed by atoms with Gasteiger partial charge in [0.1, 0.15) is 0 Å². The van der Waals surface area contributed by atoms with E-state index in [1.165, 1.54) is 0 Å². The van der Waals surface area contributed by atoms with Crippen LogP contribution in [0.4, 0.5) is 5.69 Å². The summed E-state index contributed by atoms with van der Waals surface area (Å²) in [5, 5.41) is 0. The molecule has 1 atom stereocenters. The van der Waals surface area contributed by atoms with E-state index in [0.717, 1.165) is 6.42 Å². The molecular formula is C11H15NO3S. The van der Waals surface area contributed by atoms with Crippen molar-refractivity contribution in [1.29, 1.82) is 0 Å². The van der Waals surface area contributed by atoms with Crippen molar-refractivity contribution in [3.05, 3.63) is 24.3 Å². The van der Waals surface area contributed by atoms with E-state index < -0.39 is 9.84 Å². The predicted molar refractivity (Wildman–Crippen MR) is 61.8 cm³/mol. The van der Waals surface area contributed by atoms with E-state index in [4.69, 9.17) is 10.5 Å². The van der Waals surface area contributed by atoms with E-state index in [9.17, 15) is 8.42 Å². The molecule has 1 aliphatic heterocycles. The van der Waals surface area contributed by atoms with Gasteiger partial charge in [0.25, 0.3) is 0 Å². The maximum atomic E-state index is 12.0. The molecule has 1 aromatic rings. The van der Waals surface area contributed by atoms with Crippen molar-refractivity contribution in [2.24, 2.45) is 5.92 Å². The Hall–Kier alpha value is -1.07. The molecule has 88 valence electrons. The van der Waals surface area contributed by atoms with Crippen LogP contribution in [0, 0.1) is 5.92 Å². The number of hydrogen-bond acceptors (Lipinski definition) is 4. The Labute approximate surface area is 95.3 Å². The fourth-order valence-electron chi connectivity index (χ4n) is 1.80. The quantitative estimate of drug-likeness (QED) is 0.804. The Kier molecular flexibility index (Phi) is 3.16. The Morgan fingerprint density at radius 3 is 2.56 bits per heavy atom. The van der Waals surface area contributed by atoms with Crippen molar-refractivity contribution in [2.45, 2.75) is 11.3 Å². The number of rotatable bonds is 3. The molecule has 0 amide bonds. The van der Waals surface area contributed by atoms with E-state index in [1.807, 2.05) is 0 Å². The van der Waals surface area contributed by atoms with Crippen LogP contribution in [0.25, 0.3) is 0 Å². The minimum absolute atomic E-state index is 0.127. The van der Waals surface area contributed by atoms with Crippen molar-refractivity contribution in [3.63, 3.8) is 0 Å². The van der Waals surface area contributed by atoms with Crippen molar-refractivity contribution in [1.82, 2.24) is 0 Å². The zero-order valence-corrected chi connectivity index (χ0v) is 9.74. The summed E-state index contributed by atoms with van der Waals surface area (Å²) in [5.74, 6) is 0.291. The number of sulfone groups is 1. The summed E-state index contributed by atoms with van der Waals surface area (Å²) in [5.41, 5.74) is 6.09. The molecule has 0 aromatic heterocycles. The van der Waals surface area contributed by atoms with Gasteiger partial charge in [0, 0.05) is 12.3 Å². The van der Waals surface area contributed by atoms with Crippen LogP contribution in [-0.2, 0) is 14.6 Å². The van der Waals surface area contributed by atoms with Gasteiger partial charge in [0.15, 0.2) is 9.84 Å². The Balaban J connectivity index is 2.14. The summed E-state index contributed by atoms with van der Waals surface area (Å²) in [6.45, 7) is 1.22. The summed E-state index contributed by atoms with van der Waals surface area (Å²) in [7, 11) is -3.20. The lowest BCUT2D eigenvalue weighted by molar-refractivity contribution is 0.188. The number of nitrogens with two attached hydrogens (primary N) is 1. The van der Waals surface area contributed by atoms with Crippen LogP contribution in [-0.4, -0.2) is 27.4 Å². The summed E-state index contributed by atoms with van der Waals surface area (Å²) in [6.07, 6.45) is 0.828. The molecule has 0 aliphatic carbocycles. The van der Waals surface area contributed by atoms with Crippen LogP contribution >= 0.6 is 0 Å². The first-order valence-corrected chi connectivity index (χ1v) is 6.89. The largest absolute Gasteiger partial charge is 0.399 e. The fourth-order valence-corrected chi connectivity index (χ4v) is 3.42. The molecule has 1 aliphatic rings. The van der Waals surface area contributed by atoms with Gasteiger partial charge in [0.05, 0.1) is 17.3 Å². The molecule has 1 saturated heterocycles. The van der Waals surface area contributed by atoms with Crippen LogP contribution in [0.1, 0.15) is 6.42 Å². The first-order valence-electron chi connectivity index (χ1n) is 5.24. The molecule has 0 bridgehead atoms. The van der Waals surface area contributed by atoms with Gasteiger partial charge in [0.2, 0.25) is 0 Å². The number of nitrogen functional groups attached to an aromatic ring is 1. The molecule has 0 unspecified atom stereocenters. The number of anilines is 1. The molecule has 1 aromatic carbocycles. The van der Waals surface area contributed by atoms with E-state index in [0.29, 0.717) is 23.8 Å². The monoisotopic (exact) mass is 241 g/mol. The number of hydrogen-bond donors (Lipinski definition) is 1. The van der Waals surface area contributed by atoms with Gasteiger partial charge in [-0.3, -0.25) is 0 Å². The van der Waals surface area contributed by atoms with Crippen LogP contribution in [0.3, 0.4) is 0 Å². The minimum atomic E-state index is -3.20. The average Bonchev–Trinajstić information content (AvgIpc) is 2.70. The molecule has 1 fully saturated rings. The van der Waals surface area contributed by atoms with Gasteiger partial charge >= 0.3 is 0 Å². The lowest BCUT2D eigenvalue weighted by Gasteiger charge is -2.08. The molecule has 5 heteroatoms. The molecule has 0 spiro atoms. The van der Waals surface area contributed by atoms with Crippen molar-refractivity contribution in [3.8, 4) is 0 Å². The Morgan fingerprint density at radius 1 is 1.31 bits per heavy atom. The van der Waals surface area contributed by atoms with Crippen molar-refractivity contribution >= 4 is 15.5 Å². The van der Waals surface area contributed by atoms with E-state index in [-0.39, 0.29) is 11.7 Å². The highest BCUT2D eigenvalue weighted by molar-refractivity contribution is 7.91. The van der Waals surface area contributed by atoms with Gasteiger partial charge in [-0.25, -0.2) is 8.42 Å². The van der Waals surface area contributed by atoms with Crippen LogP contribution in [0.2, 0.25) is 0 Å². The second kappa shape index (κ2) is 4.43. The molecule has 2 N–H and O–H groups in total. The van der Waals surface area contributed by atoms with Gasteiger partial charge in [-0.15, -0.1) is 0 Å². The topological polar surface area (TPSA) is 69.4 Å². The van der Waals surface area contributed by atoms with E-state index in [2.05, 4.69) is 0 Å². The molecule has 1 heterocycles. The number of ether oxygens (including phenoxy) is 1. The van der Waals surface area contributed by atoms with Crippen LogP contribution in [0.15, 0.2) is 29.2 Å². The fraction of sp³-hybridized carbons (Fsp3) is 0.455. The molecule has 16 heavy (non-hydrogen) atoms. The SMILES string of the molecule is Nc1ccc(S(=O)(=O)C[C@@H]2CCOC2)cc1. The highest BCUT2D eigenvalue weighted by atomic mass is 32.2. The minimum Gasteiger partial charge on any atom is -0.399 e. The zero-order valence-electron chi connectivity index (χ0n) is 8.93. The maximum Gasteiger partial charge on any atom is 0.178 e. The van der Waals surface area contributed by atoms with E-state index >= 15 is 0 Å². The molecule has 4 nitrogen and oxygen atoms in total. The van der Waals surface area contributed by atoms with Crippen molar-refractivity contribution < 1.29 is 13.2 Å². The van der Waals surface area contributed by atoms with E-state index in [1.54, 1.807) is 24.3 Å². The van der Waals surface area contributed by atoms with Gasteiger partial charge < -0.3 is 10.5 Å². The lowest BCUT2D eigenvalue weighted by atomic mass is 10.2. The Morgan fingerprint density at radius 2 is 2.00 bits per heavy atom. The third kappa shape index (κ3) is 2.54. The van der Waals surface area contributed by atoms with Gasteiger partial charge in [-0.05, 0) is 36.6 Å². The molecule has 0 radical (unpaired) electrons. The first kappa shape index (κ1) is 11.4. The summed E-state index contributed by atoms with van der Waals surface area (Å²) in [6, 6.07) is 6.33. The molecular weight excluding hydrogens is 226 g/mol. The van der Waals surface area contributed by atoms with Crippen LogP contribution < -0.4 is 5.73 Å². The highest BCUT2D eigenvalue weighted by Crippen LogP contribution is 2.20. The maximum absolute atomic E-state index is 12.0. The second-order valence-electron chi connectivity index (χ2n) is 4.08. The predicted octanol–water partition coefficient (Wildman–Crippen LogP) is 1.08. The third-order valence-electron chi connectivity index (χ3n) is 2.72. The summed E-state index contributed by atoms with van der Waals surface area (Å²) in [4.78, 5) is 0.341. The van der Waals surface area contributed by atoms with Crippen LogP contribution in [0.5, 0.6) is 0 Å². The molecule has 0 saturated carbocycles. The third-order valence-corrected chi connectivity index (χ3v) is 4.62. The normalized spacial score (nSPS) is 21.1. The first-order chi connectivity index (χ1) is 7.58. The Bertz CT molecular complexity index is 447.